The molecule has 2 aromatic rings. The second kappa shape index (κ2) is 6.08. The first kappa shape index (κ1) is 14.9. The average molecular weight is 311 g/mol. The van der Waals surface area contributed by atoms with Gasteiger partial charge in [-0.2, -0.15) is 0 Å². The van der Waals surface area contributed by atoms with Crippen LogP contribution >= 0.6 is 0 Å². The van der Waals surface area contributed by atoms with E-state index in [-0.39, 0.29) is 11.6 Å². The molecule has 1 saturated heterocycles. The van der Waals surface area contributed by atoms with E-state index in [1.54, 1.807) is 0 Å². The maximum Gasteiger partial charge on any atom is 0.258 e. The minimum absolute atomic E-state index is 0.0231. The van der Waals surface area contributed by atoms with Gasteiger partial charge in [0, 0.05) is 6.54 Å². The Morgan fingerprint density at radius 1 is 1.17 bits per heavy atom. The van der Waals surface area contributed by atoms with Crippen LogP contribution in [0.1, 0.15) is 50.9 Å². The molecule has 0 spiro atoms. The Labute approximate surface area is 136 Å². The number of hydrogen-bond donors (Lipinski definition) is 1. The number of hydrogen-bond acceptors (Lipinski definition) is 3. The van der Waals surface area contributed by atoms with Crippen LogP contribution < -0.4 is 5.56 Å². The molecule has 2 aliphatic rings. The predicted octanol–water partition coefficient (Wildman–Crippen LogP) is 3.50. The largest absolute Gasteiger partial charge is 0.309 e. The van der Waals surface area contributed by atoms with Crippen LogP contribution in [-0.2, 0) is 0 Å². The van der Waals surface area contributed by atoms with Crippen molar-refractivity contribution < 1.29 is 0 Å². The van der Waals surface area contributed by atoms with E-state index in [1.165, 1.54) is 32.1 Å². The fourth-order valence-electron chi connectivity index (χ4n) is 4.46. The van der Waals surface area contributed by atoms with Gasteiger partial charge < -0.3 is 4.98 Å². The SMILES string of the molecule is C[C@H](c1nc2ccccc2c(=O)[nH]1)N1CC[C@@H]2CCCC[C@@H]2C1. The molecule has 0 amide bonds. The Bertz CT molecular complexity index is 754. The highest BCUT2D eigenvalue weighted by Crippen LogP contribution is 2.38. The van der Waals surface area contributed by atoms with Gasteiger partial charge in [0.15, 0.2) is 0 Å². The number of likely N-dealkylation sites (tertiary alicyclic amines) is 1. The molecule has 1 saturated carbocycles. The molecule has 1 aromatic carbocycles. The van der Waals surface area contributed by atoms with E-state index >= 15 is 0 Å². The number of rotatable bonds is 2. The molecule has 2 heterocycles. The lowest BCUT2D eigenvalue weighted by Gasteiger charge is -2.43. The molecular weight excluding hydrogens is 286 g/mol. The monoisotopic (exact) mass is 311 g/mol. The number of aromatic nitrogens is 2. The zero-order valence-electron chi connectivity index (χ0n) is 13.8. The minimum Gasteiger partial charge on any atom is -0.309 e. The topological polar surface area (TPSA) is 49.0 Å². The minimum atomic E-state index is -0.0231. The van der Waals surface area contributed by atoms with Crippen LogP contribution in [0.25, 0.3) is 10.9 Å². The molecule has 0 unspecified atom stereocenters. The van der Waals surface area contributed by atoms with E-state index in [4.69, 9.17) is 4.98 Å². The predicted molar refractivity (Wildman–Crippen MR) is 92.4 cm³/mol. The second-order valence-electron chi connectivity index (χ2n) is 7.23. The maximum absolute atomic E-state index is 12.3. The number of benzene rings is 1. The normalized spacial score (nSPS) is 26.8. The highest BCUT2D eigenvalue weighted by molar-refractivity contribution is 5.77. The zero-order chi connectivity index (χ0) is 15.8. The van der Waals surface area contributed by atoms with Crippen molar-refractivity contribution in [1.29, 1.82) is 0 Å². The van der Waals surface area contributed by atoms with Gasteiger partial charge in [-0.1, -0.05) is 31.4 Å². The Hall–Kier alpha value is -1.68. The summed E-state index contributed by atoms with van der Waals surface area (Å²) in [5.74, 6) is 2.57. The molecule has 2 fully saturated rings. The van der Waals surface area contributed by atoms with Gasteiger partial charge in [0.2, 0.25) is 0 Å². The van der Waals surface area contributed by atoms with Crippen molar-refractivity contribution in [3.05, 3.63) is 40.4 Å². The first-order valence-electron chi connectivity index (χ1n) is 8.95. The summed E-state index contributed by atoms with van der Waals surface area (Å²) in [6, 6.07) is 7.76. The van der Waals surface area contributed by atoms with Crippen molar-refractivity contribution in [1.82, 2.24) is 14.9 Å². The number of aromatic amines is 1. The van der Waals surface area contributed by atoms with Crippen LogP contribution in [0.5, 0.6) is 0 Å². The van der Waals surface area contributed by atoms with Gasteiger partial charge in [0.25, 0.3) is 5.56 Å². The van der Waals surface area contributed by atoms with E-state index in [0.29, 0.717) is 5.39 Å². The number of para-hydroxylation sites is 1. The smallest absolute Gasteiger partial charge is 0.258 e. The van der Waals surface area contributed by atoms with Crippen molar-refractivity contribution >= 4 is 10.9 Å². The van der Waals surface area contributed by atoms with Gasteiger partial charge >= 0.3 is 0 Å². The molecule has 4 nitrogen and oxygen atoms in total. The van der Waals surface area contributed by atoms with Crippen LogP contribution in [0.3, 0.4) is 0 Å². The summed E-state index contributed by atoms with van der Waals surface area (Å²) < 4.78 is 0. The first-order chi connectivity index (χ1) is 11.2. The summed E-state index contributed by atoms with van der Waals surface area (Å²) in [7, 11) is 0. The molecule has 1 N–H and O–H groups in total. The molecular formula is C19H25N3O. The Morgan fingerprint density at radius 3 is 2.83 bits per heavy atom. The Morgan fingerprint density at radius 2 is 1.96 bits per heavy atom. The van der Waals surface area contributed by atoms with Crippen molar-refractivity contribution in [3.8, 4) is 0 Å². The Balaban J connectivity index is 1.59. The van der Waals surface area contributed by atoms with Crippen molar-refractivity contribution in [2.75, 3.05) is 13.1 Å². The lowest BCUT2D eigenvalue weighted by molar-refractivity contribution is 0.0591. The summed E-state index contributed by atoms with van der Waals surface area (Å²) in [6.45, 7) is 4.46. The van der Waals surface area contributed by atoms with Gasteiger partial charge in [-0.3, -0.25) is 9.69 Å². The molecule has 4 rings (SSSR count). The fraction of sp³-hybridized carbons (Fsp3) is 0.579. The third kappa shape index (κ3) is 2.80. The molecule has 23 heavy (non-hydrogen) atoms. The van der Waals surface area contributed by atoms with E-state index in [1.807, 2.05) is 24.3 Å². The highest BCUT2D eigenvalue weighted by atomic mass is 16.1. The number of nitrogens with one attached hydrogen (secondary N) is 1. The van der Waals surface area contributed by atoms with E-state index in [0.717, 1.165) is 36.3 Å². The van der Waals surface area contributed by atoms with Gasteiger partial charge in [0.1, 0.15) is 5.82 Å². The van der Waals surface area contributed by atoms with Crippen LogP contribution in [0.4, 0.5) is 0 Å². The molecule has 122 valence electrons. The first-order valence-corrected chi connectivity index (χ1v) is 8.95. The van der Waals surface area contributed by atoms with Crippen molar-refractivity contribution in [2.45, 2.75) is 45.1 Å². The van der Waals surface area contributed by atoms with Crippen LogP contribution in [0, 0.1) is 11.8 Å². The molecule has 1 aliphatic carbocycles. The number of fused-ring (bicyclic) bond motifs is 2. The van der Waals surface area contributed by atoms with Gasteiger partial charge in [-0.05, 0) is 50.3 Å². The Kier molecular flexibility index (Phi) is 3.93. The summed E-state index contributed by atoms with van der Waals surface area (Å²) >= 11 is 0. The number of H-pyrrole nitrogens is 1. The molecule has 3 atom stereocenters. The van der Waals surface area contributed by atoms with Crippen molar-refractivity contribution in [2.24, 2.45) is 11.8 Å². The lowest BCUT2D eigenvalue weighted by Crippen LogP contribution is -2.43. The summed E-state index contributed by atoms with van der Waals surface area (Å²) in [4.78, 5) is 22.5. The standard InChI is InChI=1S/C19H25N3O/c1-13(22-11-10-14-6-2-3-7-15(14)12-22)18-20-17-9-5-4-8-16(17)19(23)21-18/h4-5,8-9,13-15H,2-3,6-7,10-12H2,1H3,(H,20,21,23)/t13-,14+,15-/m1/s1. The number of piperidine rings is 1. The van der Waals surface area contributed by atoms with Gasteiger partial charge in [-0.25, -0.2) is 4.98 Å². The molecule has 0 bridgehead atoms. The number of nitrogens with zero attached hydrogens (tertiary/aromatic N) is 2. The maximum atomic E-state index is 12.3. The zero-order valence-corrected chi connectivity index (χ0v) is 13.8. The van der Waals surface area contributed by atoms with Gasteiger partial charge in [0.05, 0.1) is 16.9 Å². The van der Waals surface area contributed by atoms with Gasteiger partial charge in [-0.15, -0.1) is 0 Å². The molecule has 1 aromatic heterocycles. The third-order valence-electron chi connectivity index (χ3n) is 5.90. The quantitative estimate of drug-likeness (QED) is 0.923. The lowest BCUT2D eigenvalue weighted by atomic mass is 9.75. The molecule has 4 heteroatoms. The van der Waals surface area contributed by atoms with Crippen LogP contribution in [-0.4, -0.2) is 28.0 Å². The highest BCUT2D eigenvalue weighted by Gasteiger charge is 2.33. The summed E-state index contributed by atoms with van der Waals surface area (Å²) in [5, 5.41) is 0.675. The summed E-state index contributed by atoms with van der Waals surface area (Å²) in [6.07, 6.45) is 6.88. The fourth-order valence-corrected chi connectivity index (χ4v) is 4.46. The second-order valence-corrected chi connectivity index (χ2v) is 7.23. The molecule has 1 aliphatic heterocycles. The average Bonchev–Trinajstić information content (AvgIpc) is 2.60. The molecule has 0 radical (unpaired) electrons. The van der Waals surface area contributed by atoms with E-state index in [9.17, 15) is 4.79 Å². The third-order valence-corrected chi connectivity index (χ3v) is 5.90. The van der Waals surface area contributed by atoms with Crippen molar-refractivity contribution in [3.63, 3.8) is 0 Å². The van der Waals surface area contributed by atoms with Crippen LogP contribution in [0.15, 0.2) is 29.1 Å². The van der Waals surface area contributed by atoms with E-state index < -0.39 is 0 Å². The summed E-state index contributed by atoms with van der Waals surface area (Å²) in [5.41, 5.74) is 0.774. The van der Waals surface area contributed by atoms with E-state index in [2.05, 4.69) is 16.8 Å². The van der Waals surface area contributed by atoms with Crippen LogP contribution in [0.2, 0.25) is 0 Å².